The molecule has 0 aliphatic carbocycles. The normalized spacial score (nSPS) is 12.6. The Bertz CT molecular complexity index is 1700. The minimum absolute atomic E-state index is 0.0312. The minimum Gasteiger partial charge on any atom is -0.352 e. The zero-order chi connectivity index (χ0) is 32.6. The molecule has 2 atom stereocenters. The number of halogens is 1. The van der Waals surface area contributed by atoms with Crippen molar-refractivity contribution in [3.63, 3.8) is 0 Å². The van der Waals surface area contributed by atoms with Gasteiger partial charge in [0.1, 0.15) is 18.4 Å². The minimum atomic E-state index is -4.19. The van der Waals surface area contributed by atoms with Gasteiger partial charge in [0.15, 0.2) is 0 Å². The Kier molecular flexibility index (Phi) is 11.1. The highest BCUT2D eigenvalue weighted by Crippen LogP contribution is 2.29. The average Bonchev–Trinajstić information content (AvgIpc) is 3.04. The highest BCUT2D eigenvalue weighted by atomic mass is 32.2. The largest absolute Gasteiger partial charge is 0.352 e. The van der Waals surface area contributed by atoms with Crippen molar-refractivity contribution in [1.29, 1.82) is 0 Å². The van der Waals surface area contributed by atoms with Crippen molar-refractivity contribution in [2.45, 2.75) is 64.1 Å². The van der Waals surface area contributed by atoms with Crippen LogP contribution in [-0.2, 0) is 32.6 Å². The number of anilines is 1. The fourth-order valence-electron chi connectivity index (χ4n) is 5.00. The van der Waals surface area contributed by atoms with E-state index in [-0.39, 0.29) is 29.8 Å². The van der Waals surface area contributed by atoms with Gasteiger partial charge in [-0.3, -0.25) is 13.9 Å². The second-order valence-electron chi connectivity index (χ2n) is 11.3. The van der Waals surface area contributed by atoms with Gasteiger partial charge in [-0.1, -0.05) is 79.7 Å². The molecule has 0 aromatic heterocycles. The summed E-state index contributed by atoms with van der Waals surface area (Å²) in [7, 11) is -4.19. The lowest BCUT2D eigenvalue weighted by molar-refractivity contribution is -0.140. The molecule has 4 aromatic carbocycles. The van der Waals surface area contributed by atoms with Crippen LogP contribution in [0.4, 0.5) is 10.1 Å². The first-order valence-electron chi connectivity index (χ1n) is 15.0. The quantitative estimate of drug-likeness (QED) is 0.191. The molecular formula is C36H40FN3O4S. The average molecular weight is 630 g/mol. The Morgan fingerprint density at radius 1 is 0.844 bits per heavy atom. The van der Waals surface area contributed by atoms with Crippen LogP contribution < -0.4 is 9.62 Å². The van der Waals surface area contributed by atoms with E-state index in [2.05, 4.69) is 5.32 Å². The van der Waals surface area contributed by atoms with Gasteiger partial charge in [-0.15, -0.1) is 0 Å². The predicted molar refractivity (Wildman–Crippen MR) is 176 cm³/mol. The highest BCUT2D eigenvalue weighted by molar-refractivity contribution is 7.92. The summed E-state index contributed by atoms with van der Waals surface area (Å²) in [6.07, 6.45) is 0.885. The van der Waals surface area contributed by atoms with Crippen molar-refractivity contribution >= 4 is 27.5 Å². The number of nitrogens with zero attached hydrogens (tertiary/aromatic N) is 2. The van der Waals surface area contributed by atoms with Crippen molar-refractivity contribution in [2.75, 3.05) is 10.8 Å². The van der Waals surface area contributed by atoms with E-state index in [1.165, 1.54) is 29.2 Å². The molecule has 7 nitrogen and oxygen atoms in total. The molecule has 0 aliphatic rings. The second-order valence-corrected chi connectivity index (χ2v) is 13.1. The van der Waals surface area contributed by atoms with Gasteiger partial charge in [-0.25, -0.2) is 12.8 Å². The molecule has 0 fully saturated rings. The molecule has 0 heterocycles. The summed E-state index contributed by atoms with van der Waals surface area (Å²) in [5.41, 5.74) is 3.31. The Morgan fingerprint density at radius 3 is 2.09 bits per heavy atom. The molecule has 4 rings (SSSR count). The lowest BCUT2D eigenvalue weighted by Gasteiger charge is -2.34. The molecule has 1 N–H and O–H groups in total. The molecule has 2 amide bonds. The molecule has 236 valence electrons. The number of carbonyl (C=O) groups excluding carboxylic acids is 2. The molecular weight excluding hydrogens is 589 g/mol. The van der Waals surface area contributed by atoms with E-state index in [0.29, 0.717) is 23.2 Å². The van der Waals surface area contributed by atoms with Crippen molar-refractivity contribution < 1.29 is 22.4 Å². The molecule has 0 aliphatic heterocycles. The number of amides is 2. The molecule has 45 heavy (non-hydrogen) atoms. The number of hydrogen-bond acceptors (Lipinski definition) is 4. The molecule has 0 radical (unpaired) electrons. The van der Waals surface area contributed by atoms with Gasteiger partial charge in [0.05, 0.1) is 10.6 Å². The van der Waals surface area contributed by atoms with E-state index in [1.807, 2.05) is 63.2 Å². The van der Waals surface area contributed by atoms with Gasteiger partial charge in [0.25, 0.3) is 10.0 Å². The van der Waals surface area contributed by atoms with E-state index < -0.39 is 34.3 Å². The number of aryl methyl sites for hydroxylation is 2. The van der Waals surface area contributed by atoms with Crippen LogP contribution in [0.2, 0.25) is 0 Å². The molecule has 0 saturated heterocycles. The summed E-state index contributed by atoms with van der Waals surface area (Å²) in [5.74, 6) is -1.35. The number of nitrogens with one attached hydrogen (secondary N) is 1. The number of rotatable bonds is 13. The van der Waals surface area contributed by atoms with Gasteiger partial charge in [0, 0.05) is 19.0 Å². The maximum absolute atomic E-state index is 14.5. The van der Waals surface area contributed by atoms with Gasteiger partial charge >= 0.3 is 0 Å². The van der Waals surface area contributed by atoms with E-state index in [9.17, 15) is 22.4 Å². The highest BCUT2D eigenvalue weighted by Gasteiger charge is 2.35. The molecule has 0 spiro atoms. The van der Waals surface area contributed by atoms with Gasteiger partial charge < -0.3 is 10.2 Å². The third-order valence-corrected chi connectivity index (χ3v) is 9.56. The van der Waals surface area contributed by atoms with E-state index >= 15 is 0 Å². The molecule has 0 unspecified atom stereocenters. The lowest BCUT2D eigenvalue weighted by Crippen LogP contribution is -2.54. The van der Waals surface area contributed by atoms with Crippen LogP contribution in [0.3, 0.4) is 0 Å². The van der Waals surface area contributed by atoms with Gasteiger partial charge in [-0.2, -0.15) is 0 Å². The fourth-order valence-corrected chi connectivity index (χ4v) is 6.49. The fraction of sp³-hybridized carbons (Fsp3) is 0.278. The third kappa shape index (κ3) is 8.57. The zero-order valence-electron chi connectivity index (χ0n) is 26.1. The Hall–Kier alpha value is -4.50. The monoisotopic (exact) mass is 629 g/mol. The summed E-state index contributed by atoms with van der Waals surface area (Å²) in [4.78, 5) is 29.9. The maximum Gasteiger partial charge on any atom is 0.264 e. The Labute approximate surface area is 265 Å². The van der Waals surface area contributed by atoms with E-state index in [4.69, 9.17) is 0 Å². The predicted octanol–water partition coefficient (Wildman–Crippen LogP) is 6.19. The van der Waals surface area contributed by atoms with Crippen LogP contribution in [0, 0.1) is 19.7 Å². The van der Waals surface area contributed by atoms with Crippen LogP contribution in [-0.4, -0.2) is 43.8 Å². The first-order chi connectivity index (χ1) is 21.5. The van der Waals surface area contributed by atoms with E-state index in [0.717, 1.165) is 15.4 Å². The van der Waals surface area contributed by atoms with Gasteiger partial charge in [0.2, 0.25) is 11.8 Å². The second kappa shape index (κ2) is 15.0. The van der Waals surface area contributed by atoms with Crippen LogP contribution in [0.15, 0.2) is 108 Å². The topological polar surface area (TPSA) is 86.8 Å². The van der Waals surface area contributed by atoms with Crippen molar-refractivity contribution in [2.24, 2.45) is 0 Å². The molecule has 4 aromatic rings. The van der Waals surface area contributed by atoms with Crippen molar-refractivity contribution in [3.05, 3.63) is 131 Å². The SMILES string of the molecule is CC[C@@H](C)NC(=O)[C@H](Cc1ccccc1)N(Cc1ccc(F)cc1)C(=O)CN(c1cc(C)ccc1C)S(=O)(=O)c1ccccc1. The molecule has 9 heteroatoms. The van der Waals surface area contributed by atoms with Crippen LogP contribution in [0.5, 0.6) is 0 Å². The number of carbonyl (C=O) groups is 2. The summed E-state index contributed by atoms with van der Waals surface area (Å²) in [6.45, 7) is 6.91. The third-order valence-electron chi connectivity index (χ3n) is 7.78. The van der Waals surface area contributed by atoms with Crippen molar-refractivity contribution in [3.8, 4) is 0 Å². The van der Waals surface area contributed by atoms with Crippen molar-refractivity contribution in [1.82, 2.24) is 10.2 Å². The van der Waals surface area contributed by atoms with Crippen LogP contribution >= 0.6 is 0 Å². The number of hydrogen-bond donors (Lipinski definition) is 1. The first kappa shape index (κ1) is 33.4. The zero-order valence-corrected chi connectivity index (χ0v) is 26.9. The van der Waals surface area contributed by atoms with Crippen LogP contribution in [0.1, 0.15) is 42.5 Å². The van der Waals surface area contributed by atoms with Gasteiger partial charge in [-0.05, 0) is 79.8 Å². The number of sulfonamides is 1. The first-order valence-corrected chi connectivity index (χ1v) is 16.5. The Morgan fingerprint density at radius 2 is 1.47 bits per heavy atom. The standard InChI is InChI=1S/C36H40FN3O4S/c1-5-28(4)38-36(42)34(23-29-12-8-6-9-13-29)39(24-30-18-20-31(37)21-19-30)35(41)25-40(33-22-26(2)16-17-27(33)3)45(43,44)32-14-10-7-11-15-32/h6-22,28,34H,5,23-25H2,1-4H3,(H,38,42)/t28-,34+/m1/s1. The van der Waals surface area contributed by atoms with Crippen LogP contribution in [0.25, 0.3) is 0 Å². The molecule has 0 saturated carbocycles. The lowest BCUT2D eigenvalue weighted by atomic mass is 10.0. The molecule has 0 bridgehead atoms. The summed E-state index contributed by atoms with van der Waals surface area (Å²) in [5, 5.41) is 3.01. The summed E-state index contributed by atoms with van der Waals surface area (Å²) in [6, 6.07) is 27.4. The summed E-state index contributed by atoms with van der Waals surface area (Å²) >= 11 is 0. The smallest absolute Gasteiger partial charge is 0.264 e. The maximum atomic E-state index is 14.5. The summed E-state index contributed by atoms with van der Waals surface area (Å²) < 4.78 is 43.3. The Balaban J connectivity index is 1.83. The number of benzene rings is 4. The van der Waals surface area contributed by atoms with E-state index in [1.54, 1.807) is 43.3 Å².